The first-order valence-corrected chi connectivity index (χ1v) is 9.53. The molecule has 0 radical (unpaired) electrons. The average Bonchev–Trinajstić information content (AvgIpc) is 2.76. The molecule has 0 saturated heterocycles. The number of carbonyl (C=O) groups is 1. The van der Waals surface area contributed by atoms with Crippen LogP contribution < -0.4 is 4.74 Å². The Bertz CT molecular complexity index is 1150. The topological polar surface area (TPSA) is 92.5 Å². The van der Waals surface area contributed by atoms with Crippen molar-refractivity contribution in [1.82, 2.24) is 9.97 Å². The maximum absolute atomic E-state index is 9.77. The summed E-state index contributed by atoms with van der Waals surface area (Å²) in [7, 11) is 0. The summed E-state index contributed by atoms with van der Waals surface area (Å²) in [6.45, 7) is 1.60. The number of halogens is 1. The fraction of sp³-hybridized carbons (Fsp3) is 0.0870. The van der Waals surface area contributed by atoms with E-state index < -0.39 is 5.97 Å². The Morgan fingerprint density at radius 2 is 1.70 bits per heavy atom. The highest BCUT2D eigenvalue weighted by atomic mass is 35.5. The van der Waals surface area contributed by atoms with Crippen LogP contribution in [0.3, 0.4) is 0 Å². The lowest BCUT2D eigenvalue weighted by atomic mass is 10.0. The van der Waals surface area contributed by atoms with E-state index in [0.717, 1.165) is 21.9 Å². The van der Waals surface area contributed by atoms with Crippen molar-refractivity contribution in [3.8, 4) is 28.6 Å². The molecule has 4 rings (SSSR count). The molecular weight excluding hydrogens is 404 g/mol. The van der Waals surface area contributed by atoms with Gasteiger partial charge < -0.3 is 14.9 Å². The molecule has 0 aliphatic carbocycles. The zero-order valence-corrected chi connectivity index (χ0v) is 16.9. The molecule has 2 N–H and O–H groups in total. The lowest BCUT2D eigenvalue weighted by Gasteiger charge is -2.08. The number of benzene rings is 3. The number of aromatic hydroxyl groups is 1. The second kappa shape index (κ2) is 9.71. The minimum Gasteiger partial charge on any atom is -0.508 e. The lowest BCUT2D eigenvalue weighted by molar-refractivity contribution is -0.136. The van der Waals surface area contributed by atoms with Crippen LogP contribution in [-0.2, 0) is 4.79 Å². The van der Waals surface area contributed by atoms with E-state index in [9.17, 15) is 9.90 Å². The highest BCUT2D eigenvalue weighted by Crippen LogP contribution is 2.31. The normalized spacial score (nSPS) is 10.2. The number of hydrogen-bond donors (Lipinski definition) is 2. The molecule has 1 heterocycles. The van der Waals surface area contributed by atoms with Crippen LogP contribution in [0.1, 0.15) is 13.3 Å². The quantitative estimate of drug-likeness (QED) is 0.423. The molecule has 4 aromatic rings. The van der Waals surface area contributed by atoms with Crippen LogP contribution in [-0.4, -0.2) is 26.2 Å². The number of carboxylic acid groups (broad SMARTS) is 1. The van der Waals surface area contributed by atoms with Crippen molar-refractivity contribution in [3.05, 3.63) is 78.1 Å². The van der Waals surface area contributed by atoms with Gasteiger partial charge in [0.05, 0.1) is 0 Å². The fourth-order valence-electron chi connectivity index (χ4n) is 2.63. The van der Waals surface area contributed by atoms with E-state index in [4.69, 9.17) is 21.4 Å². The molecule has 0 fully saturated rings. The molecule has 0 amide bonds. The van der Waals surface area contributed by atoms with E-state index in [1.54, 1.807) is 55.7 Å². The van der Waals surface area contributed by atoms with Gasteiger partial charge in [-0.05, 0) is 52.7 Å². The number of carboxylic acids is 1. The summed E-state index contributed by atoms with van der Waals surface area (Å²) in [5.74, 6) is 0.0980. The maximum atomic E-state index is 9.77. The van der Waals surface area contributed by atoms with Gasteiger partial charge in [0.2, 0.25) is 0 Å². The van der Waals surface area contributed by atoms with Crippen molar-refractivity contribution < 1.29 is 19.7 Å². The van der Waals surface area contributed by atoms with Crippen LogP contribution in [0.4, 0.5) is 0 Å². The van der Waals surface area contributed by atoms with Crippen molar-refractivity contribution in [1.29, 1.82) is 0 Å². The fourth-order valence-corrected chi connectivity index (χ4v) is 2.75. The number of hydrogen-bond acceptors (Lipinski definition) is 5. The van der Waals surface area contributed by atoms with Crippen LogP contribution in [0, 0.1) is 0 Å². The zero-order chi connectivity index (χ0) is 21.5. The summed E-state index contributed by atoms with van der Waals surface area (Å²) < 4.78 is 5.61. The second-order valence-electron chi connectivity index (χ2n) is 6.27. The van der Waals surface area contributed by atoms with Crippen LogP contribution >= 0.6 is 11.6 Å². The molecule has 152 valence electrons. The van der Waals surface area contributed by atoms with Gasteiger partial charge in [0.25, 0.3) is 0 Å². The van der Waals surface area contributed by atoms with E-state index in [1.165, 1.54) is 0 Å². The van der Waals surface area contributed by atoms with E-state index in [2.05, 4.69) is 9.97 Å². The Morgan fingerprint density at radius 3 is 2.33 bits per heavy atom. The summed E-state index contributed by atoms with van der Waals surface area (Å²) in [6, 6.07) is 18.5. The average molecular weight is 423 g/mol. The molecule has 0 unspecified atom stereocenters. The molecule has 0 aliphatic rings. The molecule has 3 aromatic carbocycles. The highest BCUT2D eigenvalue weighted by Gasteiger charge is 2.07. The Hall–Kier alpha value is -3.64. The van der Waals surface area contributed by atoms with Crippen LogP contribution in [0.15, 0.2) is 73.1 Å². The van der Waals surface area contributed by atoms with Crippen molar-refractivity contribution in [2.24, 2.45) is 0 Å². The molecule has 30 heavy (non-hydrogen) atoms. The first-order valence-electron chi connectivity index (χ1n) is 9.15. The van der Waals surface area contributed by atoms with Gasteiger partial charge in [0.1, 0.15) is 11.5 Å². The summed E-state index contributed by atoms with van der Waals surface area (Å²) in [5.41, 5.74) is 1.80. The standard InChI is InChI=1S/C20H13ClN2O2.C3H6O2/c21-15-5-8-17(9-6-15)25-20-22-11-14(12-23-20)18-3-1-2-13-4-7-16(24)10-19(13)18;1-2-3(4)5/h1-12,24H;2H2,1H3,(H,4,5). The minimum absolute atomic E-state index is 0.222. The number of fused-ring (bicyclic) bond motifs is 1. The van der Waals surface area contributed by atoms with Crippen molar-refractivity contribution in [2.45, 2.75) is 13.3 Å². The monoisotopic (exact) mass is 422 g/mol. The van der Waals surface area contributed by atoms with Gasteiger partial charge in [-0.3, -0.25) is 4.79 Å². The van der Waals surface area contributed by atoms with E-state index >= 15 is 0 Å². The summed E-state index contributed by atoms with van der Waals surface area (Å²) >= 11 is 5.86. The predicted molar refractivity (Wildman–Crippen MR) is 116 cm³/mol. The number of nitrogens with zero attached hydrogens (tertiary/aromatic N) is 2. The molecule has 0 aliphatic heterocycles. The van der Waals surface area contributed by atoms with Gasteiger partial charge in [-0.15, -0.1) is 0 Å². The Balaban J connectivity index is 0.000000461. The highest BCUT2D eigenvalue weighted by molar-refractivity contribution is 6.30. The molecule has 6 nitrogen and oxygen atoms in total. The molecular formula is C23H19ClN2O4. The lowest BCUT2D eigenvalue weighted by Crippen LogP contribution is -1.92. The number of rotatable bonds is 4. The van der Waals surface area contributed by atoms with Gasteiger partial charge in [0, 0.05) is 29.4 Å². The van der Waals surface area contributed by atoms with Crippen molar-refractivity contribution in [2.75, 3.05) is 0 Å². The van der Waals surface area contributed by atoms with Gasteiger partial charge in [0.15, 0.2) is 0 Å². The van der Waals surface area contributed by atoms with Gasteiger partial charge in [-0.2, -0.15) is 0 Å². The first-order chi connectivity index (χ1) is 14.5. The Labute approximate surface area is 178 Å². The van der Waals surface area contributed by atoms with Crippen molar-refractivity contribution in [3.63, 3.8) is 0 Å². The second-order valence-corrected chi connectivity index (χ2v) is 6.71. The first kappa shape index (κ1) is 21.1. The SMILES string of the molecule is CCC(=O)O.Oc1ccc2cccc(-c3cnc(Oc4ccc(Cl)cc4)nc3)c2c1. The third kappa shape index (κ3) is 5.46. The Morgan fingerprint density at radius 1 is 1.03 bits per heavy atom. The van der Waals surface area contributed by atoms with E-state index in [1.807, 2.05) is 24.3 Å². The molecule has 0 saturated carbocycles. The molecule has 1 aromatic heterocycles. The third-order valence-electron chi connectivity index (χ3n) is 4.13. The Kier molecular flexibility index (Phi) is 6.83. The maximum Gasteiger partial charge on any atom is 0.321 e. The minimum atomic E-state index is -0.745. The molecule has 0 atom stereocenters. The zero-order valence-electron chi connectivity index (χ0n) is 16.1. The third-order valence-corrected chi connectivity index (χ3v) is 4.38. The van der Waals surface area contributed by atoms with E-state index in [-0.39, 0.29) is 18.2 Å². The number of aromatic nitrogens is 2. The molecule has 0 spiro atoms. The molecule has 0 bridgehead atoms. The number of ether oxygens (including phenoxy) is 1. The van der Waals surface area contributed by atoms with Gasteiger partial charge in [-0.25, -0.2) is 9.97 Å². The van der Waals surface area contributed by atoms with Crippen molar-refractivity contribution >= 4 is 28.3 Å². The number of phenols is 1. The van der Waals surface area contributed by atoms with Gasteiger partial charge >= 0.3 is 12.0 Å². The largest absolute Gasteiger partial charge is 0.508 e. The van der Waals surface area contributed by atoms with Crippen LogP contribution in [0.5, 0.6) is 17.5 Å². The number of phenolic OH excluding ortho intramolecular Hbond substituents is 1. The molecule has 7 heteroatoms. The summed E-state index contributed by atoms with van der Waals surface area (Å²) in [5, 5.41) is 20.1. The van der Waals surface area contributed by atoms with Crippen LogP contribution in [0.25, 0.3) is 21.9 Å². The summed E-state index contributed by atoms with van der Waals surface area (Å²) in [4.78, 5) is 17.9. The van der Waals surface area contributed by atoms with Gasteiger partial charge in [-0.1, -0.05) is 42.8 Å². The van der Waals surface area contributed by atoms with E-state index in [0.29, 0.717) is 10.8 Å². The smallest absolute Gasteiger partial charge is 0.321 e. The number of aliphatic carboxylic acids is 1. The predicted octanol–water partition coefficient (Wildman–Crippen LogP) is 5.93. The summed E-state index contributed by atoms with van der Waals surface area (Å²) in [6.07, 6.45) is 3.63. The van der Waals surface area contributed by atoms with Crippen LogP contribution in [0.2, 0.25) is 5.02 Å².